The Hall–Kier alpha value is -1.35. The molecule has 0 radical (unpaired) electrons. The van der Waals surface area contributed by atoms with E-state index in [9.17, 15) is 4.39 Å². The molecule has 0 saturated heterocycles. The molecule has 0 bridgehead atoms. The normalized spacial score (nSPS) is 12.5. The van der Waals surface area contributed by atoms with Gasteiger partial charge in [-0.15, -0.1) is 0 Å². The summed E-state index contributed by atoms with van der Waals surface area (Å²) in [5.41, 5.74) is 0.826. The Morgan fingerprint density at radius 1 is 1.41 bits per heavy atom. The molecule has 1 atom stereocenters. The molecule has 0 heterocycles. The summed E-state index contributed by atoms with van der Waals surface area (Å²) in [6.45, 7) is 10.1. The van der Waals surface area contributed by atoms with Gasteiger partial charge in [0.2, 0.25) is 0 Å². The van der Waals surface area contributed by atoms with Gasteiger partial charge in [-0.25, -0.2) is 4.39 Å². The zero-order valence-electron chi connectivity index (χ0n) is 10.7. The van der Waals surface area contributed by atoms with E-state index in [2.05, 4.69) is 11.9 Å². The lowest BCUT2D eigenvalue weighted by molar-refractivity contribution is 0.253. The van der Waals surface area contributed by atoms with Crippen molar-refractivity contribution in [3.05, 3.63) is 42.2 Å². The van der Waals surface area contributed by atoms with Gasteiger partial charge in [0.1, 0.15) is 6.10 Å². The molecule has 94 valence electrons. The van der Waals surface area contributed by atoms with Crippen LogP contribution in [-0.4, -0.2) is 12.1 Å². The highest BCUT2D eigenvalue weighted by Gasteiger charge is 2.11. The minimum atomic E-state index is -0.332. The zero-order chi connectivity index (χ0) is 12.8. The summed E-state index contributed by atoms with van der Waals surface area (Å²) in [6, 6.07) is 5.31. The van der Waals surface area contributed by atoms with E-state index in [1.807, 2.05) is 26.8 Å². The number of ether oxygens (including phenoxy) is 1. The predicted octanol–water partition coefficient (Wildman–Crippen LogP) is 3.28. The Labute approximate surface area is 102 Å². The molecule has 1 unspecified atom stereocenters. The molecule has 1 rings (SSSR count). The van der Waals surface area contributed by atoms with Crippen LogP contribution in [0.3, 0.4) is 0 Å². The second kappa shape index (κ2) is 6.40. The van der Waals surface area contributed by atoms with Crippen LogP contribution in [0.25, 0.3) is 0 Å². The molecule has 0 spiro atoms. The van der Waals surface area contributed by atoms with E-state index in [-0.39, 0.29) is 11.9 Å². The molecule has 0 aliphatic rings. The lowest BCUT2D eigenvalue weighted by atomic mass is 10.1. The highest BCUT2D eigenvalue weighted by Crippen LogP contribution is 2.24. The summed E-state index contributed by atoms with van der Waals surface area (Å²) in [5, 5.41) is 3.25. The molecule has 17 heavy (non-hydrogen) atoms. The lowest BCUT2D eigenvalue weighted by Gasteiger charge is -2.16. The van der Waals surface area contributed by atoms with Crippen LogP contribution in [0.4, 0.5) is 4.39 Å². The Bertz CT molecular complexity index is 376. The van der Waals surface area contributed by atoms with Crippen LogP contribution in [0.1, 0.15) is 26.3 Å². The number of hydrogen-bond donors (Lipinski definition) is 1. The molecular formula is C14H20FNO. The van der Waals surface area contributed by atoms with Gasteiger partial charge in [0.25, 0.3) is 0 Å². The van der Waals surface area contributed by atoms with Crippen molar-refractivity contribution in [2.45, 2.75) is 39.5 Å². The molecule has 3 heteroatoms. The van der Waals surface area contributed by atoms with Gasteiger partial charge in [-0.05, 0) is 13.0 Å². The van der Waals surface area contributed by atoms with Crippen LogP contribution < -0.4 is 10.1 Å². The molecular weight excluding hydrogens is 217 g/mol. The van der Waals surface area contributed by atoms with Crippen LogP contribution in [-0.2, 0) is 6.54 Å². The third kappa shape index (κ3) is 4.19. The van der Waals surface area contributed by atoms with Crippen LogP contribution in [0, 0.1) is 5.82 Å². The molecule has 0 saturated carbocycles. The highest BCUT2D eigenvalue weighted by molar-refractivity contribution is 5.35. The van der Waals surface area contributed by atoms with E-state index in [1.165, 1.54) is 6.07 Å². The monoisotopic (exact) mass is 237 g/mol. The minimum absolute atomic E-state index is 0.204. The quantitative estimate of drug-likeness (QED) is 0.767. The SMILES string of the molecule is C=CC(C)Oc1c(F)cccc1CNC(C)C. The number of para-hydroxylation sites is 1. The van der Waals surface area contributed by atoms with E-state index >= 15 is 0 Å². The largest absolute Gasteiger partial charge is 0.483 e. The van der Waals surface area contributed by atoms with Crippen molar-refractivity contribution >= 4 is 0 Å². The van der Waals surface area contributed by atoms with Crippen LogP contribution in [0.5, 0.6) is 5.75 Å². The smallest absolute Gasteiger partial charge is 0.165 e. The van der Waals surface area contributed by atoms with Crippen molar-refractivity contribution in [1.82, 2.24) is 5.32 Å². The predicted molar refractivity (Wildman–Crippen MR) is 68.7 cm³/mol. The van der Waals surface area contributed by atoms with Crippen LogP contribution in [0.15, 0.2) is 30.9 Å². The number of hydrogen-bond acceptors (Lipinski definition) is 2. The Balaban J connectivity index is 2.87. The zero-order valence-corrected chi connectivity index (χ0v) is 10.7. The van der Waals surface area contributed by atoms with Crippen molar-refractivity contribution in [3.8, 4) is 5.75 Å². The van der Waals surface area contributed by atoms with Gasteiger partial charge in [-0.3, -0.25) is 0 Å². The summed E-state index contributed by atoms with van der Waals surface area (Å²) in [5.74, 6) is -0.0187. The van der Waals surface area contributed by atoms with Crippen molar-refractivity contribution in [2.75, 3.05) is 0 Å². The van der Waals surface area contributed by atoms with Gasteiger partial charge in [0.05, 0.1) is 0 Å². The van der Waals surface area contributed by atoms with Crippen molar-refractivity contribution in [2.24, 2.45) is 0 Å². The molecule has 0 aliphatic heterocycles. The Morgan fingerprint density at radius 2 is 2.12 bits per heavy atom. The maximum Gasteiger partial charge on any atom is 0.165 e. The fourth-order valence-electron chi connectivity index (χ4n) is 1.37. The van der Waals surface area contributed by atoms with Gasteiger partial charge >= 0.3 is 0 Å². The van der Waals surface area contributed by atoms with Gasteiger partial charge < -0.3 is 10.1 Å². The first-order valence-corrected chi connectivity index (χ1v) is 5.84. The molecule has 0 aromatic heterocycles. The molecule has 1 N–H and O–H groups in total. The third-order valence-electron chi connectivity index (χ3n) is 2.38. The fourth-order valence-corrected chi connectivity index (χ4v) is 1.37. The van der Waals surface area contributed by atoms with Gasteiger partial charge in [0, 0.05) is 18.2 Å². The molecule has 2 nitrogen and oxygen atoms in total. The van der Waals surface area contributed by atoms with Gasteiger partial charge in [-0.1, -0.05) is 38.6 Å². The van der Waals surface area contributed by atoms with Crippen molar-refractivity contribution < 1.29 is 9.13 Å². The Morgan fingerprint density at radius 3 is 2.71 bits per heavy atom. The van der Waals surface area contributed by atoms with Gasteiger partial charge in [-0.2, -0.15) is 0 Å². The minimum Gasteiger partial charge on any atom is -0.483 e. The second-order valence-corrected chi connectivity index (χ2v) is 4.32. The lowest BCUT2D eigenvalue weighted by Crippen LogP contribution is -2.23. The maximum atomic E-state index is 13.7. The van der Waals surface area contributed by atoms with E-state index in [0.29, 0.717) is 18.3 Å². The molecule has 0 aliphatic carbocycles. The molecule has 1 aromatic rings. The first-order valence-electron chi connectivity index (χ1n) is 5.84. The first-order chi connectivity index (χ1) is 8.04. The van der Waals surface area contributed by atoms with Crippen LogP contribution >= 0.6 is 0 Å². The van der Waals surface area contributed by atoms with E-state index in [0.717, 1.165) is 5.56 Å². The summed E-state index contributed by atoms with van der Waals surface area (Å²) >= 11 is 0. The molecule has 0 amide bonds. The fraction of sp³-hybridized carbons (Fsp3) is 0.429. The molecule has 0 fully saturated rings. The number of nitrogens with one attached hydrogen (secondary N) is 1. The molecule has 1 aromatic carbocycles. The highest BCUT2D eigenvalue weighted by atomic mass is 19.1. The number of benzene rings is 1. The van der Waals surface area contributed by atoms with Crippen molar-refractivity contribution in [1.29, 1.82) is 0 Å². The number of halogens is 1. The van der Waals surface area contributed by atoms with Crippen molar-refractivity contribution in [3.63, 3.8) is 0 Å². The average Bonchev–Trinajstić information content (AvgIpc) is 2.29. The third-order valence-corrected chi connectivity index (χ3v) is 2.38. The summed E-state index contributed by atoms with van der Waals surface area (Å²) in [6.07, 6.45) is 1.44. The Kier molecular flexibility index (Phi) is 5.16. The first kappa shape index (κ1) is 13.7. The van der Waals surface area contributed by atoms with Gasteiger partial charge in [0.15, 0.2) is 11.6 Å². The average molecular weight is 237 g/mol. The number of rotatable bonds is 6. The summed E-state index contributed by atoms with van der Waals surface area (Å²) in [4.78, 5) is 0. The van der Waals surface area contributed by atoms with Crippen LogP contribution in [0.2, 0.25) is 0 Å². The topological polar surface area (TPSA) is 21.3 Å². The maximum absolute atomic E-state index is 13.7. The standard InChI is InChI=1S/C14H20FNO/c1-5-11(4)17-14-12(9-16-10(2)3)7-6-8-13(14)15/h5-8,10-11,16H,1,9H2,2-4H3. The van der Waals surface area contributed by atoms with E-state index < -0.39 is 0 Å². The van der Waals surface area contributed by atoms with E-state index in [4.69, 9.17) is 4.74 Å². The van der Waals surface area contributed by atoms with E-state index in [1.54, 1.807) is 12.1 Å². The summed E-state index contributed by atoms with van der Waals surface area (Å²) in [7, 11) is 0. The second-order valence-electron chi connectivity index (χ2n) is 4.32. The summed E-state index contributed by atoms with van der Waals surface area (Å²) < 4.78 is 19.2.